The number of carbonyl (C=O) groups excluding carboxylic acids is 3. The Bertz CT molecular complexity index is 1050. The highest BCUT2D eigenvalue weighted by Gasteiger charge is 2.30. The number of carbonyl (C=O) groups is 3. The van der Waals surface area contributed by atoms with Crippen LogP contribution in [0.4, 0.5) is 11.4 Å². The molecule has 152 valence electrons. The summed E-state index contributed by atoms with van der Waals surface area (Å²) in [6.07, 6.45) is 2.79. The second-order valence-corrected chi connectivity index (χ2v) is 7.07. The molecule has 1 aromatic heterocycles. The van der Waals surface area contributed by atoms with Crippen molar-refractivity contribution < 1.29 is 14.4 Å². The molecule has 0 bridgehead atoms. The SMILES string of the molecule is Cc1ccc(NC(=O)C[C@H](C(=O)Nc2cccnc2)C(=O)c2ccccc2)cc1C. The van der Waals surface area contributed by atoms with Gasteiger partial charge >= 0.3 is 0 Å². The van der Waals surface area contributed by atoms with E-state index >= 15 is 0 Å². The van der Waals surface area contributed by atoms with Crippen molar-refractivity contribution in [2.24, 2.45) is 5.92 Å². The van der Waals surface area contributed by atoms with Crippen LogP contribution in [0.3, 0.4) is 0 Å². The summed E-state index contributed by atoms with van der Waals surface area (Å²) in [4.78, 5) is 42.5. The van der Waals surface area contributed by atoms with E-state index in [1.165, 1.54) is 6.20 Å². The van der Waals surface area contributed by atoms with Crippen molar-refractivity contribution in [3.8, 4) is 0 Å². The van der Waals surface area contributed by atoms with Crippen molar-refractivity contribution in [1.29, 1.82) is 0 Å². The minimum Gasteiger partial charge on any atom is -0.326 e. The van der Waals surface area contributed by atoms with Gasteiger partial charge in [0.25, 0.3) is 0 Å². The van der Waals surface area contributed by atoms with Crippen molar-refractivity contribution >= 4 is 29.0 Å². The van der Waals surface area contributed by atoms with E-state index in [0.717, 1.165) is 11.1 Å². The Balaban J connectivity index is 1.79. The summed E-state index contributed by atoms with van der Waals surface area (Å²) >= 11 is 0. The molecule has 1 atom stereocenters. The van der Waals surface area contributed by atoms with Crippen molar-refractivity contribution in [3.63, 3.8) is 0 Å². The van der Waals surface area contributed by atoms with E-state index in [0.29, 0.717) is 16.9 Å². The van der Waals surface area contributed by atoms with E-state index in [1.54, 1.807) is 54.7 Å². The van der Waals surface area contributed by atoms with Crippen LogP contribution in [0.2, 0.25) is 0 Å². The normalized spacial score (nSPS) is 11.4. The van der Waals surface area contributed by atoms with Crippen LogP contribution in [0, 0.1) is 19.8 Å². The molecule has 30 heavy (non-hydrogen) atoms. The van der Waals surface area contributed by atoms with Gasteiger partial charge in [0.1, 0.15) is 5.92 Å². The first-order valence-corrected chi connectivity index (χ1v) is 9.61. The molecule has 0 radical (unpaired) electrons. The molecule has 0 saturated carbocycles. The minimum absolute atomic E-state index is 0.271. The number of benzene rings is 2. The number of rotatable bonds is 7. The van der Waals surface area contributed by atoms with Gasteiger partial charge in [-0.15, -0.1) is 0 Å². The average Bonchev–Trinajstić information content (AvgIpc) is 2.75. The summed E-state index contributed by atoms with van der Waals surface area (Å²) in [5.74, 6) is -2.53. The van der Waals surface area contributed by atoms with Crippen LogP contribution in [0.5, 0.6) is 0 Å². The Labute approximate surface area is 175 Å². The Morgan fingerprint density at radius 3 is 2.30 bits per heavy atom. The fraction of sp³-hybridized carbons (Fsp3) is 0.167. The van der Waals surface area contributed by atoms with Gasteiger partial charge < -0.3 is 10.6 Å². The van der Waals surface area contributed by atoms with E-state index in [-0.39, 0.29) is 6.42 Å². The minimum atomic E-state index is -1.17. The highest BCUT2D eigenvalue weighted by molar-refractivity contribution is 6.15. The van der Waals surface area contributed by atoms with Crippen molar-refractivity contribution in [2.45, 2.75) is 20.3 Å². The molecule has 2 aromatic carbocycles. The lowest BCUT2D eigenvalue weighted by Crippen LogP contribution is -2.33. The maximum atomic E-state index is 13.0. The number of hydrogen-bond donors (Lipinski definition) is 2. The Kier molecular flexibility index (Phi) is 6.70. The summed E-state index contributed by atoms with van der Waals surface area (Å²) < 4.78 is 0. The molecule has 0 aliphatic carbocycles. The Morgan fingerprint density at radius 1 is 0.867 bits per heavy atom. The molecule has 0 aliphatic heterocycles. The van der Waals surface area contributed by atoms with E-state index in [2.05, 4.69) is 15.6 Å². The van der Waals surface area contributed by atoms with Gasteiger partial charge in [-0.3, -0.25) is 19.4 Å². The number of hydrogen-bond acceptors (Lipinski definition) is 4. The number of nitrogens with zero attached hydrogens (tertiary/aromatic N) is 1. The Hall–Kier alpha value is -3.80. The monoisotopic (exact) mass is 401 g/mol. The molecule has 2 amide bonds. The second kappa shape index (κ2) is 9.60. The fourth-order valence-corrected chi connectivity index (χ4v) is 2.99. The predicted molar refractivity (Wildman–Crippen MR) is 116 cm³/mol. The molecule has 0 unspecified atom stereocenters. The third-order valence-electron chi connectivity index (χ3n) is 4.80. The maximum Gasteiger partial charge on any atom is 0.235 e. The summed E-state index contributed by atoms with van der Waals surface area (Å²) in [5, 5.41) is 5.46. The van der Waals surface area contributed by atoms with Gasteiger partial charge in [0.2, 0.25) is 11.8 Å². The average molecular weight is 401 g/mol. The van der Waals surface area contributed by atoms with Gasteiger partial charge in [-0.1, -0.05) is 36.4 Å². The lowest BCUT2D eigenvalue weighted by Gasteiger charge is -2.16. The zero-order valence-electron chi connectivity index (χ0n) is 16.9. The molecule has 6 nitrogen and oxygen atoms in total. The first-order chi connectivity index (χ1) is 14.4. The molecule has 3 rings (SSSR count). The standard InChI is InChI=1S/C24H23N3O3/c1-16-10-11-19(13-17(16)2)26-22(28)14-21(23(29)18-7-4-3-5-8-18)24(30)27-20-9-6-12-25-15-20/h3-13,15,21H,14H2,1-2H3,(H,26,28)(H,27,30)/t21-/m0/s1. The molecular weight excluding hydrogens is 378 g/mol. The summed E-state index contributed by atoms with van der Waals surface area (Å²) in [6, 6.07) is 17.4. The van der Waals surface area contributed by atoms with Gasteiger partial charge in [-0.2, -0.15) is 0 Å². The molecule has 0 fully saturated rings. The van der Waals surface area contributed by atoms with Gasteiger partial charge in [0, 0.05) is 23.9 Å². The van der Waals surface area contributed by atoms with Gasteiger partial charge in [-0.25, -0.2) is 0 Å². The van der Waals surface area contributed by atoms with Gasteiger partial charge in [0.05, 0.1) is 11.9 Å². The molecule has 2 N–H and O–H groups in total. The number of aryl methyl sites for hydroxylation is 2. The lowest BCUT2D eigenvalue weighted by atomic mass is 9.93. The molecule has 0 spiro atoms. The van der Waals surface area contributed by atoms with Crippen LogP contribution in [0.25, 0.3) is 0 Å². The van der Waals surface area contributed by atoms with Crippen LogP contribution in [-0.2, 0) is 9.59 Å². The van der Waals surface area contributed by atoms with Crippen molar-refractivity contribution in [2.75, 3.05) is 10.6 Å². The number of Topliss-reactive ketones (excluding diaryl/α,β-unsaturated/α-hetero) is 1. The predicted octanol–water partition coefficient (Wildman–Crippen LogP) is 4.16. The number of amides is 2. The van der Waals surface area contributed by atoms with Crippen molar-refractivity contribution in [1.82, 2.24) is 4.98 Å². The molecule has 0 aliphatic rings. The number of ketones is 1. The van der Waals surface area contributed by atoms with Crippen LogP contribution < -0.4 is 10.6 Å². The van der Waals surface area contributed by atoms with E-state index in [4.69, 9.17) is 0 Å². The van der Waals surface area contributed by atoms with Crippen LogP contribution in [-0.4, -0.2) is 22.6 Å². The molecular formula is C24H23N3O3. The maximum absolute atomic E-state index is 13.0. The molecule has 3 aromatic rings. The highest BCUT2D eigenvalue weighted by Crippen LogP contribution is 2.19. The molecule has 6 heteroatoms. The Morgan fingerprint density at radius 2 is 1.63 bits per heavy atom. The largest absolute Gasteiger partial charge is 0.326 e. The van der Waals surface area contributed by atoms with Gasteiger partial charge in [0.15, 0.2) is 5.78 Å². The fourth-order valence-electron chi connectivity index (χ4n) is 2.99. The smallest absolute Gasteiger partial charge is 0.235 e. The highest BCUT2D eigenvalue weighted by atomic mass is 16.2. The first kappa shape index (κ1) is 20.9. The van der Waals surface area contributed by atoms with Crippen LogP contribution >= 0.6 is 0 Å². The second-order valence-electron chi connectivity index (χ2n) is 7.07. The summed E-state index contributed by atoms with van der Waals surface area (Å²) in [6.45, 7) is 3.94. The lowest BCUT2D eigenvalue weighted by molar-refractivity contribution is -0.123. The molecule has 1 heterocycles. The first-order valence-electron chi connectivity index (χ1n) is 9.61. The van der Waals surface area contributed by atoms with Gasteiger partial charge in [-0.05, 0) is 49.2 Å². The van der Waals surface area contributed by atoms with Crippen LogP contribution in [0.1, 0.15) is 27.9 Å². The van der Waals surface area contributed by atoms with Crippen LogP contribution in [0.15, 0.2) is 73.1 Å². The third kappa shape index (κ3) is 5.38. The number of anilines is 2. The zero-order chi connectivity index (χ0) is 21.5. The molecule has 0 saturated heterocycles. The van der Waals surface area contributed by atoms with Crippen molar-refractivity contribution in [3.05, 3.63) is 89.7 Å². The van der Waals surface area contributed by atoms with E-state index in [1.807, 2.05) is 26.0 Å². The third-order valence-corrected chi connectivity index (χ3v) is 4.80. The van der Waals surface area contributed by atoms with E-state index in [9.17, 15) is 14.4 Å². The number of pyridine rings is 1. The zero-order valence-corrected chi connectivity index (χ0v) is 16.9. The topological polar surface area (TPSA) is 88.2 Å². The summed E-state index contributed by atoms with van der Waals surface area (Å²) in [7, 11) is 0. The number of nitrogens with one attached hydrogen (secondary N) is 2. The summed E-state index contributed by atoms with van der Waals surface area (Å²) in [5.41, 5.74) is 3.62. The number of aromatic nitrogens is 1. The quantitative estimate of drug-likeness (QED) is 0.459. The van der Waals surface area contributed by atoms with E-state index < -0.39 is 23.5 Å².